The van der Waals surface area contributed by atoms with E-state index in [0.29, 0.717) is 0 Å². The van der Waals surface area contributed by atoms with Crippen LogP contribution in [0.2, 0.25) is 0 Å². The molecule has 1 nitrogen and oxygen atoms in total. The van der Waals surface area contributed by atoms with Crippen molar-refractivity contribution in [2.45, 2.75) is 33.1 Å². The van der Waals surface area contributed by atoms with E-state index in [9.17, 15) is 4.79 Å². The largest absolute Gasteiger partial charge is 0.299 e. The summed E-state index contributed by atoms with van der Waals surface area (Å²) in [6, 6.07) is 0. The lowest BCUT2D eigenvalue weighted by atomic mass is 10.0. The molecule has 0 heterocycles. The van der Waals surface area contributed by atoms with E-state index >= 15 is 0 Å². The average Bonchev–Trinajstić information content (AvgIpc) is 2.10. The average molecular weight is 166 g/mol. The van der Waals surface area contributed by atoms with Gasteiger partial charge in [0.15, 0.2) is 0 Å². The van der Waals surface area contributed by atoms with Crippen LogP contribution in [0.3, 0.4) is 0 Å². The first-order chi connectivity index (χ1) is 5.81. The fourth-order valence-electron chi connectivity index (χ4n) is 0.869. The lowest BCUT2D eigenvalue weighted by Crippen LogP contribution is -1.89. The molecule has 0 aromatic rings. The summed E-state index contributed by atoms with van der Waals surface area (Å²) in [5.74, 6) is 0.810. The van der Waals surface area contributed by atoms with Gasteiger partial charge >= 0.3 is 0 Å². The van der Waals surface area contributed by atoms with Crippen molar-refractivity contribution in [3.05, 3.63) is 24.3 Å². The molecule has 0 aliphatic rings. The number of hydrogen-bond acceptors (Lipinski definition) is 1. The molecule has 0 aliphatic heterocycles. The van der Waals surface area contributed by atoms with Crippen LogP contribution in [0.1, 0.15) is 33.1 Å². The first-order valence-electron chi connectivity index (χ1n) is 4.58. The molecule has 0 aromatic carbocycles. The molecule has 68 valence electrons. The summed E-state index contributed by atoms with van der Waals surface area (Å²) in [4.78, 5) is 9.87. The maximum absolute atomic E-state index is 9.87. The smallest absolute Gasteiger partial charge is 0.142 e. The first-order valence-corrected chi connectivity index (χ1v) is 4.58. The van der Waals surface area contributed by atoms with Crippen molar-refractivity contribution in [3.63, 3.8) is 0 Å². The third-order valence-corrected chi connectivity index (χ3v) is 1.96. The fourth-order valence-corrected chi connectivity index (χ4v) is 0.869. The summed E-state index contributed by atoms with van der Waals surface area (Å²) < 4.78 is 0. The zero-order chi connectivity index (χ0) is 9.23. The van der Waals surface area contributed by atoms with Crippen molar-refractivity contribution in [1.82, 2.24) is 0 Å². The topological polar surface area (TPSA) is 17.1 Å². The standard InChI is InChI=1S/C11H18O/c1-3-11(2)9-7-5-4-6-8-10-12/h4-6,8,10-11H,3,7,9H2,1-2H3. The summed E-state index contributed by atoms with van der Waals surface area (Å²) in [6.07, 6.45) is 11.7. The summed E-state index contributed by atoms with van der Waals surface area (Å²) in [7, 11) is 0. The molecule has 0 rings (SSSR count). The van der Waals surface area contributed by atoms with Gasteiger partial charge in [-0.15, -0.1) is 0 Å². The molecule has 0 N–H and O–H groups in total. The number of hydrogen-bond donors (Lipinski definition) is 0. The summed E-state index contributed by atoms with van der Waals surface area (Å²) in [6.45, 7) is 4.47. The van der Waals surface area contributed by atoms with Crippen molar-refractivity contribution < 1.29 is 4.79 Å². The first kappa shape index (κ1) is 11.2. The van der Waals surface area contributed by atoms with Crippen molar-refractivity contribution >= 4 is 6.29 Å². The van der Waals surface area contributed by atoms with Gasteiger partial charge in [0.2, 0.25) is 0 Å². The monoisotopic (exact) mass is 166 g/mol. The van der Waals surface area contributed by atoms with E-state index in [1.807, 2.05) is 6.08 Å². The summed E-state index contributed by atoms with van der Waals surface area (Å²) in [5, 5.41) is 0. The van der Waals surface area contributed by atoms with E-state index in [1.54, 1.807) is 6.08 Å². The van der Waals surface area contributed by atoms with Gasteiger partial charge in [-0.25, -0.2) is 0 Å². The van der Waals surface area contributed by atoms with E-state index < -0.39 is 0 Å². The predicted octanol–water partition coefficient (Wildman–Crippen LogP) is 3.12. The molecular formula is C11H18O. The van der Waals surface area contributed by atoms with Gasteiger partial charge in [-0.3, -0.25) is 4.79 Å². The molecule has 0 radical (unpaired) electrons. The third-order valence-electron chi connectivity index (χ3n) is 1.96. The van der Waals surface area contributed by atoms with Crippen molar-refractivity contribution in [1.29, 1.82) is 0 Å². The van der Waals surface area contributed by atoms with Gasteiger partial charge in [-0.05, 0) is 24.8 Å². The van der Waals surface area contributed by atoms with Gasteiger partial charge in [-0.2, -0.15) is 0 Å². The minimum Gasteiger partial charge on any atom is -0.299 e. The molecule has 1 unspecified atom stereocenters. The Balaban J connectivity index is 3.35. The van der Waals surface area contributed by atoms with Gasteiger partial charge in [0.1, 0.15) is 6.29 Å². The van der Waals surface area contributed by atoms with E-state index in [1.165, 1.54) is 18.9 Å². The molecule has 0 aromatic heterocycles. The van der Waals surface area contributed by atoms with Gasteiger partial charge in [-0.1, -0.05) is 38.5 Å². The van der Waals surface area contributed by atoms with Gasteiger partial charge in [0, 0.05) is 0 Å². The molecule has 0 bridgehead atoms. The third kappa shape index (κ3) is 7.26. The molecule has 0 spiro atoms. The summed E-state index contributed by atoms with van der Waals surface area (Å²) >= 11 is 0. The number of carbonyl (C=O) groups is 1. The highest BCUT2D eigenvalue weighted by Gasteiger charge is 1.94. The van der Waals surface area contributed by atoms with E-state index in [-0.39, 0.29) is 0 Å². The zero-order valence-corrected chi connectivity index (χ0v) is 7.99. The molecule has 1 heteroatoms. The van der Waals surface area contributed by atoms with E-state index in [2.05, 4.69) is 19.9 Å². The van der Waals surface area contributed by atoms with Crippen LogP contribution < -0.4 is 0 Å². The Morgan fingerprint density at radius 1 is 1.25 bits per heavy atom. The zero-order valence-electron chi connectivity index (χ0n) is 7.99. The second-order valence-electron chi connectivity index (χ2n) is 3.04. The highest BCUT2D eigenvalue weighted by Crippen LogP contribution is 2.09. The lowest BCUT2D eigenvalue weighted by molar-refractivity contribution is -0.104. The van der Waals surface area contributed by atoms with Crippen LogP contribution in [0.4, 0.5) is 0 Å². The Morgan fingerprint density at radius 2 is 2.00 bits per heavy atom. The normalized spacial score (nSPS) is 14.2. The molecular weight excluding hydrogens is 148 g/mol. The van der Waals surface area contributed by atoms with Crippen LogP contribution in [-0.4, -0.2) is 6.29 Å². The van der Waals surface area contributed by atoms with Gasteiger partial charge in [0.25, 0.3) is 0 Å². The molecule has 0 saturated heterocycles. The fraction of sp³-hybridized carbons (Fsp3) is 0.545. The molecule has 0 fully saturated rings. The van der Waals surface area contributed by atoms with Crippen LogP contribution in [0, 0.1) is 5.92 Å². The van der Waals surface area contributed by atoms with Crippen LogP contribution >= 0.6 is 0 Å². The molecule has 0 amide bonds. The van der Waals surface area contributed by atoms with E-state index in [0.717, 1.165) is 18.6 Å². The van der Waals surface area contributed by atoms with Crippen LogP contribution in [0.15, 0.2) is 24.3 Å². The second kappa shape index (κ2) is 8.25. The van der Waals surface area contributed by atoms with E-state index in [4.69, 9.17) is 0 Å². The SMILES string of the molecule is CCC(C)CCC=CC=CC=O. The summed E-state index contributed by atoms with van der Waals surface area (Å²) in [5.41, 5.74) is 0. The molecule has 0 saturated carbocycles. The molecule has 1 atom stereocenters. The highest BCUT2D eigenvalue weighted by atomic mass is 16.1. The van der Waals surface area contributed by atoms with Crippen LogP contribution in [-0.2, 0) is 4.79 Å². The van der Waals surface area contributed by atoms with Gasteiger partial charge in [0.05, 0.1) is 0 Å². The Bertz CT molecular complexity index is 156. The quantitative estimate of drug-likeness (QED) is 0.336. The maximum Gasteiger partial charge on any atom is 0.142 e. The number of aldehydes is 1. The number of carbonyl (C=O) groups excluding carboxylic acids is 1. The maximum atomic E-state index is 9.87. The lowest BCUT2D eigenvalue weighted by Gasteiger charge is -2.03. The minimum absolute atomic E-state index is 0.791. The molecule has 12 heavy (non-hydrogen) atoms. The second-order valence-corrected chi connectivity index (χ2v) is 3.04. The van der Waals surface area contributed by atoms with Crippen LogP contribution in [0.25, 0.3) is 0 Å². The highest BCUT2D eigenvalue weighted by molar-refractivity contribution is 5.65. The number of allylic oxidation sites excluding steroid dienone is 4. The van der Waals surface area contributed by atoms with Crippen molar-refractivity contribution in [3.8, 4) is 0 Å². The van der Waals surface area contributed by atoms with Crippen LogP contribution in [0.5, 0.6) is 0 Å². The Labute approximate surface area is 75.2 Å². The Morgan fingerprint density at radius 3 is 2.58 bits per heavy atom. The Kier molecular flexibility index (Phi) is 7.66. The Hall–Kier alpha value is -0.850. The predicted molar refractivity (Wildman–Crippen MR) is 53.0 cm³/mol. The molecule has 0 aliphatic carbocycles. The van der Waals surface area contributed by atoms with Crippen molar-refractivity contribution in [2.75, 3.05) is 0 Å². The van der Waals surface area contributed by atoms with Gasteiger partial charge < -0.3 is 0 Å². The van der Waals surface area contributed by atoms with Crippen molar-refractivity contribution in [2.24, 2.45) is 5.92 Å². The minimum atomic E-state index is 0.791. The number of rotatable bonds is 6.